The summed E-state index contributed by atoms with van der Waals surface area (Å²) in [5.41, 5.74) is 15.9. The molecule has 1 aromatic carbocycles. The summed E-state index contributed by atoms with van der Waals surface area (Å²) < 4.78 is 0. The summed E-state index contributed by atoms with van der Waals surface area (Å²) in [6.07, 6.45) is 3.92. The molecular formula is C17H21N7O. The fourth-order valence-electron chi connectivity index (χ4n) is 2.21. The van der Waals surface area contributed by atoms with Gasteiger partial charge in [0, 0.05) is 18.1 Å². The van der Waals surface area contributed by atoms with E-state index in [0.29, 0.717) is 5.69 Å². The molecule has 8 heteroatoms. The molecular weight excluding hydrogens is 318 g/mol. The van der Waals surface area contributed by atoms with Crippen LogP contribution >= 0.6 is 0 Å². The maximum atomic E-state index is 11.8. The molecule has 7 N–H and O–H groups in total. The van der Waals surface area contributed by atoms with Crippen molar-refractivity contribution in [2.45, 2.75) is 19.4 Å². The highest BCUT2D eigenvalue weighted by atomic mass is 16.1. The van der Waals surface area contributed by atoms with Crippen LogP contribution in [0.1, 0.15) is 25.0 Å². The number of hydrogen-bond acceptors (Lipinski definition) is 6. The third-order valence-corrected chi connectivity index (χ3v) is 3.58. The first-order valence-electron chi connectivity index (χ1n) is 7.56. The Morgan fingerprint density at radius 2 is 1.96 bits per heavy atom. The Balaban J connectivity index is 2.27. The van der Waals surface area contributed by atoms with E-state index in [1.54, 1.807) is 18.2 Å². The van der Waals surface area contributed by atoms with Gasteiger partial charge in [-0.05, 0) is 37.6 Å². The zero-order valence-corrected chi connectivity index (χ0v) is 14.1. The van der Waals surface area contributed by atoms with E-state index in [1.807, 2.05) is 26.0 Å². The number of aromatic nitrogens is 1. The minimum absolute atomic E-state index is 0.0556. The molecule has 0 radical (unpaired) electrons. The lowest BCUT2D eigenvalue weighted by molar-refractivity contribution is 0.418. The molecule has 2 aromatic rings. The predicted octanol–water partition coefficient (Wildman–Crippen LogP) is 1.45. The van der Waals surface area contributed by atoms with Crippen LogP contribution in [0.4, 0.5) is 11.4 Å². The van der Waals surface area contributed by atoms with Crippen LogP contribution in [0.15, 0.2) is 51.4 Å². The number of pyridine rings is 1. The highest BCUT2D eigenvalue weighted by molar-refractivity contribution is 6.14. The smallest absolute Gasteiger partial charge is 0.261 e. The van der Waals surface area contributed by atoms with Gasteiger partial charge in [-0.3, -0.25) is 4.79 Å². The van der Waals surface area contributed by atoms with Gasteiger partial charge >= 0.3 is 0 Å². The number of aromatic amines is 1. The van der Waals surface area contributed by atoms with Gasteiger partial charge in [0.05, 0.1) is 17.4 Å². The summed E-state index contributed by atoms with van der Waals surface area (Å²) in [6, 6.07) is 8.92. The van der Waals surface area contributed by atoms with E-state index in [1.165, 1.54) is 12.4 Å². The van der Waals surface area contributed by atoms with Crippen molar-refractivity contribution in [1.29, 1.82) is 5.41 Å². The molecule has 130 valence electrons. The third-order valence-electron chi connectivity index (χ3n) is 3.58. The average Bonchev–Trinajstić information content (AvgIpc) is 2.55. The van der Waals surface area contributed by atoms with Gasteiger partial charge in [0.25, 0.3) is 5.56 Å². The predicted molar refractivity (Wildman–Crippen MR) is 102 cm³/mol. The maximum Gasteiger partial charge on any atom is 0.261 e. The molecule has 0 atom stereocenters. The lowest BCUT2D eigenvalue weighted by Crippen LogP contribution is -2.32. The highest BCUT2D eigenvalue weighted by Crippen LogP contribution is 2.23. The fraction of sp³-hybridized carbons (Fsp3) is 0.176. The number of H-pyrrole nitrogens is 1. The number of nitrogens with zero attached hydrogens (tertiary/aromatic N) is 2. The first kappa shape index (κ1) is 17.9. The molecule has 0 fully saturated rings. The largest absolute Gasteiger partial charge is 0.398 e. The summed E-state index contributed by atoms with van der Waals surface area (Å²) in [6.45, 7) is 3.93. The number of amidine groups is 1. The Kier molecular flexibility index (Phi) is 5.33. The van der Waals surface area contributed by atoms with E-state index in [9.17, 15) is 4.79 Å². The quantitative estimate of drug-likeness (QED) is 0.308. The summed E-state index contributed by atoms with van der Waals surface area (Å²) >= 11 is 0. The molecule has 0 unspecified atom stereocenters. The Labute approximate surface area is 145 Å². The Bertz CT molecular complexity index is 863. The minimum Gasteiger partial charge on any atom is -0.398 e. The Morgan fingerprint density at radius 3 is 2.56 bits per heavy atom. The van der Waals surface area contributed by atoms with Crippen LogP contribution in [-0.2, 0) is 5.54 Å². The van der Waals surface area contributed by atoms with E-state index in [2.05, 4.69) is 20.5 Å². The number of nitrogens with two attached hydrogens (primary N) is 2. The number of nitrogen functional groups attached to an aromatic ring is 1. The van der Waals surface area contributed by atoms with Crippen molar-refractivity contribution in [2.75, 3.05) is 5.73 Å². The minimum atomic E-state index is -0.422. The molecule has 0 aliphatic carbocycles. The first-order chi connectivity index (χ1) is 11.8. The van der Waals surface area contributed by atoms with Gasteiger partial charge in [0.2, 0.25) is 0 Å². The van der Waals surface area contributed by atoms with Crippen LogP contribution in [0.2, 0.25) is 0 Å². The van der Waals surface area contributed by atoms with Crippen molar-refractivity contribution in [3.8, 4) is 0 Å². The number of hydrogen-bond donors (Lipinski definition) is 5. The Hall–Kier alpha value is -3.42. The van der Waals surface area contributed by atoms with Crippen molar-refractivity contribution in [2.24, 2.45) is 15.8 Å². The van der Waals surface area contributed by atoms with Crippen molar-refractivity contribution < 1.29 is 0 Å². The topological polar surface area (TPSA) is 146 Å². The van der Waals surface area contributed by atoms with Crippen LogP contribution in [-0.4, -0.2) is 23.2 Å². The van der Waals surface area contributed by atoms with Gasteiger partial charge < -0.3 is 27.3 Å². The van der Waals surface area contributed by atoms with Crippen molar-refractivity contribution in [1.82, 2.24) is 10.4 Å². The van der Waals surface area contributed by atoms with Crippen molar-refractivity contribution in [3.63, 3.8) is 0 Å². The summed E-state index contributed by atoms with van der Waals surface area (Å²) in [5.74, 6) is 0.0556. The van der Waals surface area contributed by atoms with Crippen LogP contribution in [0.25, 0.3) is 0 Å². The normalized spacial score (nSPS) is 12.3. The standard InChI is InChI=1S/C17H21N7O/c1-17(2,24-22-10-8-18)11-3-5-12(6-4-11)23-15(20)14-13(19)7-9-21-16(14)25/h3-10,18,24H,1-2H3,(H2,20,23)(H3,19,21,25)/b18-8?,22-10-. The molecule has 2 rings (SSSR count). The molecule has 0 bridgehead atoms. The Morgan fingerprint density at radius 1 is 1.28 bits per heavy atom. The van der Waals surface area contributed by atoms with E-state index in [0.717, 1.165) is 11.8 Å². The molecule has 0 amide bonds. The number of rotatable bonds is 6. The molecule has 8 nitrogen and oxygen atoms in total. The van der Waals surface area contributed by atoms with E-state index in [4.69, 9.17) is 16.9 Å². The number of aliphatic imine (C=N–C) groups is 1. The summed E-state index contributed by atoms with van der Waals surface area (Å²) in [7, 11) is 0. The van der Waals surface area contributed by atoms with Crippen LogP contribution in [0, 0.1) is 5.41 Å². The van der Waals surface area contributed by atoms with Gasteiger partial charge in [-0.25, -0.2) is 4.99 Å². The third kappa shape index (κ3) is 4.31. The van der Waals surface area contributed by atoms with Crippen LogP contribution < -0.4 is 22.5 Å². The number of anilines is 1. The number of hydrazone groups is 1. The lowest BCUT2D eigenvalue weighted by Gasteiger charge is -2.24. The second kappa shape index (κ2) is 7.43. The van der Waals surface area contributed by atoms with Crippen LogP contribution in [0.3, 0.4) is 0 Å². The summed E-state index contributed by atoms with van der Waals surface area (Å²) in [5, 5.41) is 10.9. The molecule has 0 saturated carbocycles. The zero-order valence-electron chi connectivity index (χ0n) is 14.1. The second-order valence-electron chi connectivity index (χ2n) is 5.86. The summed E-state index contributed by atoms with van der Waals surface area (Å²) in [4.78, 5) is 18.6. The van der Waals surface area contributed by atoms with E-state index in [-0.39, 0.29) is 22.6 Å². The average molecular weight is 339 g/mol. The molecule has 0 spiro atoms. The monoisotopic (exact) mass is 339 g/mol. The number of nitrogens with one attached hydrogen (secondary N) is 3. The zero-order chi connectivity index (χ0) is 18.4. The van der Waals surface area contributed by atoms with E-state index < -0.39 is 5.54 Å². The van der Waals surface area contributed by atoms with Crippen molar-refractivity contribution >= 4 is 29.6 Å². The van der Waals surface area contributed by atoms with Gasteiger partial charge in [0.15, 0.2) is 0 Å². The molecule has 25 heavy (non-hydrogen) atoms. The molecule has 0 aliphatic heterocycles. The second-order valence-corrected chi connectivity index (χ2v) is 5.86. The van der Waals surface area contributed by atoms with Crippen molar-refractivity contribution in [3.05, 3.63) is 58.0 Å². The highest BCUT2D eigenvalue weighted by Gasteiger charge is 2.19. The fourth-order valence-corrected chi connectivity index (χ4v) is 2.21. The number of benzene rings is 1. The lowest BCUT2D eigenvalue weighted by atomic mass is 9.95. The van der Waals surface area contributed by atoms with Gasteiger partial charge in [-0.15, -0.1) is 0 Å². The maximum absolute atomic E-state index is 11.8. The SMILES string of the molecule is CC(C)(N/N=C\C=N)c1ccc(N=C(N)c2c(N)cc[nH]c2=O)cc1. The molecule has 0 aliphatic rings. The molecule has 0 saturated heterocycles. The van der Waals surface area contributed by atoms with Gasteiger partial charge in [0.1, 0.15) is 11.4 Å². The van der Waals surface area contributed by atoms with Gasteiger partial charge in [-0.1, -0.05) is 12.1 Å². The molecule has 1 heterocycles. The van der Waals surface area contributed by atoms with Gasteiger partial charge in [-0.2, -0.15) is 5.10 Å². The van der Waals surface area contributed by atoms with Crippen LogP contribution in [0.5, 0.6) is 0 Å². The molecule has 1 aromatic heterocycles. The van der Waals surface area contributed by atoms with E-state index >= 15 is 0 Å². The first-order valence-corrected chi connectivity index (χ1v) is 7.56.